The third kappa shape index (κ3) is 5.11. The minimum atomic E-state index is -1.73. The molecular formula is C18H16O3P2S4. The number of hydrogen-bond acceptors (Lipinski definition) is 7. The summed E-state index contributed by atoms with van der Waals surface area (Å²) in [5.41, 5.74) is 0. The van der Waals surface area contributed by atoms with E-state index in [-0.39, 0.29) is 11.5 Å². The molecule has 0 radical (unpaired) electrons. The second-order valence-electron chi connectivity index (χ2n) is 5.53. The van der Waals surface area contributed by atoms with E-state index in [9.17, 15) is 10.2 Å². The van der Waals surface area contributed by atoms with Crippen LogP contribution in [0.4, 0.5) is 0 Å². The Labute approximate surface area is 175 Å². The summed E-state index contributed by atoms with van der Waals surface area (Å²) < 4.78 is -3.45. The van der Waals surface area contributed by atoms with Gasteiger partial charge in [0.2, 0.25) is 0 Å². The Kier molecular flexibility index (Phi) is 6.62. The predicted molar refractivity (Wildman–Crippen MR) is 127 cm³/mol. The summed E-state index contributed by atoms with van der Waals surface area (Å²) >= 11 is 15.1. The van der Waals surface area contributed by atoms with E-state index in [2.05, 4.69) is 0 Å². The molecular weight excluding hydrogens is 454 g/mol. The molecule has 0 aliphatic carbocycles. The van der Waals surface area contributed by atoms with Gasteiger partial charge in [-0.1, -0.05) is 63.8 Å². The molecule has 3 aromatic rings. The largest absolute Gasteiger partial charge is 0.508 e. The highest BCUT2D eigenvalue weighted by Gasteiger charge is 2.45. The number of benzene rings is 3. The molecule has 9 heteroatoms. The molecule has 1 aliphatic rings. The highest BCUT2D eigenvalue weighted by Crippen LogP contribution is 3.04. The third-order valence-electron chi connectivity index (χ3n) is 3.52. The Morgan fingerprint density at radius 3 is 1.15 bits per heavy atom. The number of phenolic OH excluding ortho intramolecular Hbond substituents is 3. The van der Waals surface area contributed by atoms with Gasteiger partial charge in [-0.25, -0.2) is 0 Å². The Balaban J connectivity index is 0.000000253. The molecule has 27 heavy (non-hydrogen) atoms. The topological polar surface area (TPSA) is 60.7 Å². The Morgan fingerprint density at radius 2 is 0.852 bits per heavy atom. The number of rotatable bonds is 2. The highest BCUT2D eigenvalue weighted by molar-refractivity contribution is 9.48. The lowest BCUT2D eigenvalue weighted by molar-refractivity contribution is 0.475. The molecule has 4 rings (SSSR count). The molecule has 3 N–H and O–H groups in total. The van der Waals surface area contributed by atoms with E-state index in [1.54, 1.807) is 70.5 Å². The fourth-order valence-corrected chi connectivity index (χ4v) is 44.5. The van der Waals surface area contributed by atoms with Crippen molar-refractivity contribution in [2.75, 3.05) is 0 Å². The molecule has 0 saturated carbocycles. The van der Waals surface area contributed by atoms with Crippen LogP contribution in [0, 0.1) is 0 Å². The van der Waals surface area contributed by atoms with Crippen LogP contribution in [0.1, 0.15) is 0 Å². The SMILES string of the molecule is Oc1ccc(P2(=S)SP(=S)(c3ccc(O)cc3)S2)cc1.Oc1ccccc1. The highest BCUT2D eigenvalue weighted by atomic mass is 33.7. The number of hydrogen-bond donors (Lipinski definition) is 3. The third-order valence-corrected chi connectivity index (χ3v) is 34.8. The number of aromatic hydroxyl groups is 3. The van der Waals surface area contributed by atoms with Crippen LogP contribution >= 0.6 is 30.9 Å². The standard InChI is InChI=1S/C12H10O2P2S4.C6H6O/c13-9-1-5-11(6-2-9)15(17)19-16(18,20-15)12-7-3-10(14)4-8-12;7-6-4-2-1-3-5-6/h1-8,13-14H;1-5,7H. The van der Waals surface area contributed by atoms with Gasteiger partial charge in [0.25, 0.3) is 0 Å². The Morgan fingerprint density at radius 1 is 0.519 bits per heavy atom. The maximum absolute atomic E-state index is 9.35. The van der Waals surface area contributed by atoms with Gasteiger partial charge >= 0.3 is 0 Å². The summed E-state index contributed by atoms with van der Waals surface area (Å²) in [6.45, 7) is 0. The molecule has 1 heterocycles. The molecule has 0 amide bonds. The first kappa shape index (κ1) is 20.8. The van der Waals surface area contributed by atoms with Gasteiger partial charge < -0.3 is 15.3 Å². The molecule has 140 valence electrons. The van der Waals surface area contributed by atoms with Gasteiger partial charge in [0.1, 0.15) is 17.2 Å². The van der Waals surface area contributed by atoms with E-state index in [1.807, 2.05) is 30.3 Å². The van der Waals surface area contributed by atoms with E-state index in [1.165, 1.54) is 0 Å². The fourth-order valence-electron chi connectivity index (χ4n) is 2.18. The molecule has 1 aliphatic heterocycles. The first-order chi connectivity index (χ1) is 12.8. The summed E-state index contributed by atoms with van der Waals surface area (Å²) in [5.74, 6) is 0.829. The molecule has 3 aromatic carbocycles. The van der Waals surface area contributed by atoms with Gasteiger partial charge in [-0.15, -0.1) is 0 Å². The molecule has 0 bridgehead atoms. The van der Waals surface area contributed by atoms with Crippen LogP contribution < -0.4 is 10.6 Å². The minimum Gasteiger partial charge on any atom is -0.508 e. The number of phenols is 3. The average molecular weight is 471 g/mol. The first-order valence-corrected chi connectivity index (χ1v) is 17.4. The van der Waals surface area contributed by atoms with Crippen LogP contribution in [-0.4, -0.2) is 15.3 Å². The smallest absolute Gasteiger partial charge is 0.115 e. The van der Waals surface area contributed by atoms with Gasteiger partial charge in [0, 0.05) is 10.6 Å². The minimum absolute atomic E-state index is 0.254. The molecule has 0 atom stereocenters. The lowest BCUT2D eigenvalue weighted by Gasteiger charge is -2.40. The second-order valence-corrected chi connectivity index (χ2v) is 26.8. The zero-order chi connectivity index (χ0) is 19.5. The lowest BCUT2D eigenvalue weighted by atomic mass is 10.3. The summed E-state index contributed by atoms with van der Waals surface area (Å²) in [4.78, 5) is 0. The molecule has 1 saturated heterocycles. The van der Waals surface area contributed by atoms with Crippen molar-refractivity contribution in [1.29, 1.82) is 0 Å². The second kappa shape index (κ2) is 8.60. The van der Waals surface area contributed by atoms with E-state index < -0.39 is 8.88 Å². The van der Waals surface area contributed by atoms with Crippen LogP contribution in [0.25, 0.3) is 0 Å². The quantitative estimate of drug-likeness (QED) is 0.425. The first-order valence-electron chi connectivity index (χ1n) is 7.77. The van der Waals surface area contributed by atoms with Gasteiger partial charge in [0.15, 0.2) is 0 Å². The van der Waals surface area contributed by atoms with E-state index in [0.717, 1.165) is 10.6 Å². The monoisotopic (exact) mass is 470 g/mol. The van der Waals surface area contributed by atoms with Crippen molar-refractivity contribution in [3.05, 3.63) is 78.9 Å². The van der Waals surface area contributed by atoms with Crippen molar-refractivity contribution >= 4 is 65.1 Å². The van der Waals surface area contributed by atoms with Gasteiger partial charge in [-0.3, -0.25) is 0 Å². The maximum Gasteiger partial charge on any atom is 0.115 e. The molecule has 1 fully saturated rings. The lowest BCUT2D eigenvalue weighted by Crippen LogP contribution is -2.08. The Hall–Kier alpha value is -0.940. The molecule has 0 aromatic heterocycles. The van der Waals surface area contributed by atoms with Crippen molar-refractivity contribution in [1.82, 2.24) is 0 Å². The molecule has 0 spiro atoms. The van der Waals surface area contributed by atoms with Crippen molar-refractivity contribution in [3.8, 4) is 17.2 Å². The summed E-state index contributed by atoms with van der Waals surface area (Å²) in [7, 11) is 0. The molecule has 3 nitrogen and oxygen atoms in total. The van der Waals surface area contributed by atoms with Crippen molar-refractivity contribution < 1.29 is 15.3 Å². The zero-order valence-corrected chi connectivity index (χ0v) is 18.9. The summed E-state index contributed by atoms with van der Waals surface area (Å²) in [6, 6.07) is 23.0. The van der Waals surface area contributed by atoms with E-state index in [0.29, 0.717) is 5.75 Å². The average Bonchev–Trinajstić information content (AvgIpc) is 2.62. The van der Waals surface area contributed by atoms with Gasteiger partial charge in [-0.05, 0) is 60.7 Å². The fraction of sp³-hybridized carbons (Fsp3) is 0. The van der Waals surface area contributed by atoms with Crippen LogP contribution in [0.2, 0.25) is 0 Å². The van der Waals surface area contributed by atoms with E-state index in [4.69, 9.17) is 28.7 Å². The van der Waals surface area contributed by atoms with Crippen molar-refractivity contribution in [2.24, 2.45) is 0 Å². The van der Waals surface area contributed by atoms with E-state index >= 15 is 0 Å². The van der Waals surface area contributed by atoms with Crippen LogP contribution in [-0.2, 0) is 23.6 Å². The van der Waals surface area contributed by atoms with Crippen LogP contribution in [0.15, 0.2) is 78.9 Å². The van der Waals surface area contributed by atoms with Crippen LogP contribution in [0.3, 0.4) is 0 Å². The zero-order valence-electron chi connectivity index (χ0n) is 13.9. The van der Waals surface area contributed by atoms with Crippen molar-refractivity contribution in [3.63, 3.8) is 0 Å². The summed E-state index contributed by atoms with van der Waals surface area (Å²) in [6.07, 6.45) is 0. The summed E-state index contributed by atoms with van der Waals surface area (Å²) in [5, 5.41) is 29.5. The van der Waals surface area contributed by atoms with Gasteiger partial charge in [0.05, 0.1) is 8.88 Å². The van der Waals surface area contributed by atoms with Crippen LogP contribution in [0.5, 0.6) is 17.2 Å². The molecule has 0 unspecified atom stereocenters. The Bertz CT molecular complexity index is 932. The van der Waals surface area contributed by atoms with Gasteiger partial charge in [-0.2, -0.15) is 0 Å². The van der Waals surface area contributed by atoms with Crippen molar-refractivity contribution in [2.45, 2.75) is 0 Å². The predicted octanol–water partition coefficient (Wildman–Crippen LogP) is 5.54. The number of para-hydroxylation sites is 1. The normalized spacial score (nSPS) is 23.6. The maximum atomic E-state index is 9.35.